The molecule has 0 fully saturated rings. The molecule has 0 aliphatic carbocycles. The van der Waals surface area contributed by atoms with Gasteiger partial charge in [0.15, 0.2) is 6.39 Å². The first-order valence-corrected chi connectivity index (χ1v) is 5.65. The summed E-state index contributed by atoms with van der Waals surface area (Å²) < 4.78 is 5.05. The third kappa shape index (κ3) is 3.10. The molecule has 5 nitrogen and oxygen atoms in total. The lowest BCUT2D eigenvalue weighted by Crippen LogP contribution is -2.28. The van der Waals surface area contributed by atoms with Crippen molar-refractivity contribution in [2.45, 2.75) is 20.4 Å². The maximum Gasteiger partial charge on any atom is 0.319 e. The summed E-state index contributed by atoms with van der Waals surface area (Å²) in [4.78, 5) is 15.6. The van der Waals surface area contributed by atoms with Crippen molar-refractivity contribution < 1.29 is 9.21 Å². The van der Waals surface area contributed by atoms with Crippen molar-refractivity contribution in [3.05, 3.63) is 47.7 Å². The number of carbonyl (C=O) groups is 1. The number of nitrogens with zero attached hydrogens (tertiary/aromatic N) is 1. The van der Waals surface area contributed by atoms with Gasteiger partial charge in [-0.05, 0) is 26.0 Å². The van der Waals surface area contributed by atoms with Crippen LogP contribution in [0.15, 0.2) is 35.1 Å². The molecule has 0 saturated carbocycles. The lowest BCUT2D eigenvalue weighted by atomic mass is 10.2. The van der Waals surface area contributed by atoms with E-state index in [0.717, 1.165) is 16.9 Å². The summed E-state index contributed by atoms with van der Waals surface area (Å²) in [6.07, 6.45) is 1.37. The van der Waals surface area contributed by atoms with Gasteiger partial charge in [0.25, 0.3) is 0 Å². The summed E-state index contributed by atoms with van der Waals surface area (Å²) in [6.45, 7) is 4.15. The van der Waals surface area contributed by atoms with Gasteiger partial charge >= 0.3 is 6.03 Å². The van der Waals surface area contributed by atoms with Crippen molar-refractivity contribution in [1.29, 1.82) is 0 Å². The van der Waals surface area contributed by atoms with Crippen LogP contribution in [-0.4, -0.2) is 11.0 Å². The lowest BCUT2D eigenvalue weighted by Gasteiger charge is -2.06. The zero-order valence-corrected chi connectivity index (χ0v) is 10.4. The van der Waals surface area contributed by atoms with Gasteiger partial charge in [0.1, 0.15) is 11.5 Å². The fraction of sp³-hybridized carbons (Fsp3) is 0.231. The van der Waals surface area contributed by atoms with E-state index < -0.39 is 0 Å². The Morgan fingerprint density at radius 3 is 2.61 bits per heavy atom. The van der Waals surface area contributed by atoms with Gasteiger partial charge in [0.05, 0.1) is 6.54 Å². The maximum atomic E-state index is 11.6. The topological polar surface area (TPSA) is 67.2 Å². The van der Waals surface area contributed by atoms with E-state index in [1.165, 1.54) is 6.39 Å². The van der Waals surface area contributed by atoms with Crippen LogP contribution in [0.5, 0.6) is 0 Å². The Bertz CT molecular complexity index is 531. The molecular weight excluding hydrogens is 230 g/mol. The van der Waals surface area contributed by atoms with E-state index in [-0.39, 0.29) is 6.03 Å². The first-order chi connectivity index (χ1) is 8.65. The molecule has 0 aliphatic heterocycles. The van der Waals surface area contributed by atoms with Crippen LogP contribution >= 0.6 is 0 Å². The summed E-state index contributed by atoms with van der Waals surface area (Å²) in [5, 5.41) is 5.46. The van der Waals surface area contributed by atoms with E-state index in [0.29, 0.717) is 12.3 Å². The molecule has 0 radical (unpaired) electrons. The number of amides is 2. The van der Waals surface area contributed by atoms with Crippen molar-refractivity contribution in [1.82, 2.24) is 10.3 Å². The number of benzene rings is 1. The van der Waals surface area contributed by atoms with E-state index in [9.17, 15) is 4.79 Å². The van der Waals surface area contributed by atoms with Crippen LogP contribution in [0.3, 0.4) is 0 Å². The second-order valence-corrected chi connectivity index (χ2v) is 4.03. The molecule has 2 aromatic rings. The van der Waals surface area contributed by atoms with Crippen LogP contribution < -0.4 is 10.6 Å². The van der Waals surface area contributed by atoms with E-state index >= 15 is 0 Å². The van der Waals surface area contributed by atoms with Crippen LogP contribution in [0, 0.1) is 13.8 Å². The number of hydrogen-bond acceptors (Lipinski definition) is 3. The van der Waals surface area contributed by atoms with Gasteiger partial charge in [-0.25, -0.2) is 9.78 Å². The van der Waals surface area contributed by atoms with Gasteiger partial charge < -0.3 is 15.1 Å². The van der Waals surface area contributed by atoms with Crippen LogP contribution in [0.25, 0.3) is 0 Å². The summed E-state index contributed by atoms with van der Waals surface area (Å²) >= 11 is 0. The highest BCUT2D eigenvalue weighted by Crippen LogP contribution is 2.08. The highest BCUT2D eigenvalue weighted by Gasteiger charge is 2.05. The predicted octanol–water partition coefficient (Wildman–Crippen LogP) is 2.61. The third-order valence-corrected chi connectivity index (χ3v) is 2.57. The van der Waals surface area contributed by atoms with Crippen molar-refractivity contribution in [2.24, 2.45) is 0 Å². The molecule has 2 N–H and O–H groups in total. The molecule has 0 bridgehead atoms. The van der Waals surface area contributed by atoms with Crippen LogP contribution in [0.1, 0.15) is 17.0 Å². The van der Waals surface area contributed by atoms with Crippen molar-refractivity contribution in [3.63, 3.8) is 0 Å². The number of oxazole rings is 1. The van der Waals surface area contributed by atoms with Crippen molar-refractivity contribution in [2.75, 3.05) is 5.32 Å². The molecule has 5 heteroatoms. The minimum absolute atomic E-state index is 0.263. The molecule has 18 heavy (non-hydrogen) atoms. The molecule has 0 aliphatic rings. The highest BCUT2D eigenvalue weighted by atomic mass is 16.3. The van der Waals surface area contributed by atoms with Crippen molar-refractivity contribution in [3.8, 4) is 0 Å². The molecule has 1 aromatic heterocycles. The van der Waals surface area contributed by atoms with Gasteiger partial charge in [-0.15, -0.1) is 0 Å². The average molecular weight is 245 g/mol. The monoisotopic (exact) mass is 245 g/mol. The standard InChI is InChI=1S/C13H15N3O2/c1-9-3-5-11(6-4-9)16-13(17)14-7-12-10(2)18-8-15-12/h3-6,8H,7H2,1-2H3,(H2,14,16,17). The molecule has 0 atom stereocenters. The number of carbonyl (C=O) groups excluding carboxylic acids is 1. The fourth-order valence-electron chi connectivity index (χ4n) is 1.47. The second-order valence-electron chi connectivity index (χ2n) is 4.03. The number of rotatable bonds is 3. The molecule has 1 heterocycles. The van der Waals surface area contributed by atoms with Gasteiger partial charge in [-0.2, -0.15) is 0 Å². The molecule has 0 saturated heterocycles. The Kier molecular flexibility index (Phi) is 3.62. The Morgan fingerprint density at radius 2 is 2.00 bits per heavy atom. The number of nitrogens with one attached hydrogen (secondary N) is 2. The Morgan fingerprint density at radius 1 is 1.28 bits per heavy atom. The quantitative estimate of drug-likeness (QED) is 0.873. The molecule has 0 spiro atoms. The normalized spacial score (nSPS) is 10.1. The SMILES string of the molecule is Cc1ccc(NC(=O)NCc2ncoc2C)cc1. The maximum absolute atomic E-state index is 11.6. The van der Waals surface area contributed by atoms with E-state index in [1.807, 2.05) is 38.1 Å². The molecule has 94 valence electrons. The molecular formula is C13H15N3O2. The number of anilines is 1. The van der Waals surface area contributed by atoms with Crippen LogP contribution in [0.4, 0.5) is 10.5 Å². The van der Waals surface area contributed by atoms with Gasteiger partial charge in [-0.1, -0.05) is 17.7 Å². The number of hydrogen-bond donors (Lipinski definition) is 2. The van der Waals surface area contributed by atoms with Gasteiger partial charge in [0, 0.05) is 5.69 Å². The number of aryl methyl sites for hydroxylation is 2. The predicted molar refractivity (Wildman–Crippen MR) is 68.3 cm³/mol. The largest absolute Gasteiger partial charge is 0.448 e. The molecule has 0 unspecified atom stereocenters. The van der Waals surface area contributed by atoms with E-state index in [2.05, 4.69) is 15.6 Å². The third-order valence-electron chi connectivity index (χ3n) is 2.57. The van der Waals surface area contributed by atoms with E-state index in [1.54, 1.807) is 0 Å². The minimum Gasteiger partial charge on any atom is -0.448 e. The first kappa shape index (κ1) is 12.2. The fourth-order valence-corrected chi connectivity index (χ4v) is 1.47. The Balaban J connectivity index is 1.86. The number of aromatic nitrogens is 1. The number of urea groups is 1. The van der Waals surface area contributed by atoms with Gasteiger partial charge in [0.2, 0.25) is 0 Å². The average Bonchev–Trinajstić information content (AvgIpc) is 2.75. The summed E-state index contributed by atoms with van der Waals surface area (Å²) in [5.41, 5.74) is 2.64. The summed E-state index contributed by atoms with van der Waals surface area (Å²) in [7, 11) is 0. The summed E-state index contributed by atoms with van der Waals surface area (Å²) in [6, 6.07) is 7.34. The Labute approximate surface area is 105 Å². The molecule has 2 amide bonds. The Hall–Kier alpha value is -2.30. The van der Waals surface area contributed by atoms with E-state index in [4.69, 9.17) is 4.42 Å². The van der Waals surface area contributed by atoms with Gasteiger partial charge in [-0.3, -0.25) is 0 Å². The molecule has 2 rings (SSSR count). The second kappa shape index (κ2) is 5.35. The highest BCUT2D eigenvalue weighted by molar-refractivity contribution is 5.89. The van der Waals surface area contributed by atoms with Crippen LogP contribution in [0.2, 0.25) is 0 Å². The summed E-state index contributed by atoms with van der Waals surface area (Å²) in [5.74, 6) is 0.714. The minimum atomic E-state index is -0.263. The lowest BCUT2D eigenvalue weighted by molar-refractivity contribution is 0.251. The van der Waals surface area contributed by atoms with Crippen LogP contribution in [-0.2, 0) is 6.54 Å². The van der Waals surface area contributed by atoms with Crippen molar-refractivity contribution >= 4 is 11.7 Å². The molecule has 1 aromatic carbocycles. The smallest absolute Gasteiger partial charge is 0.319 e. The first-order valence-electron chi connectivity index (χ1n) is 5.65. The zero-order chi connectivity index (χ0) is 13.0. The zero-order valence-electron chi connectivity index (χ0n) is 10.4.